The van der Waals surface area contributed by atoms with Crippen LogP contribution in [0.5, 0.6) is 0 Å². The van der Waals surface area contributed by atoms with Crippen LogP contribution in [0.1, 0.15) is 41.8 Å². The zero-order valence-corrected chi connectivity index (χ0v) is 19.8. The van der Waals surface area contributed by atoms with Crippen LogP contribution in [0, 0.1) is 13.8 Å². The van der Waals surface area contributed by atoms with E-state index >= 15 is 0 Å². The lowest BCUT2D eigenvalue weighted by atomic mass is 10.1. The van der Waals surface area contributed by atoms with Crippen molar-refractivity contribution in [1.82, 2.24) is 24.8 Å². The summed E-state index contributed by atoms with van der Waals surface area (Å²) in [7, 11) is 0. The number of amides is 2. The predicted molar refractivity (Wildman–Crippen MR) is 130 cm³/mol. The van der Waals surface area contributed by atoms with Crippen molar-refractivity contribution in [2.45, 2.75) is 39.3 Å². The molecule has 2 aromatic carbocycles. The number of halogens is 1. The van der Waals surface area contributed by atoms with Gasteiger partial charge in [-0.15, -0.1) is 10.2 Å². The van der Waals surface area contributed by atoms with Crippen LogP contribution >= 0.6 is 11.6 Å². The van der Waals surface area contributed by atoms with Crippen LogP contribution in [0.15, 0.2) is 59.1 Å². The van der Waals surface area contributed by atoms with Crippen molar-refractivity contribution < 1.29 is 9.32 Å². The maximum absolute atomic E-state index is 13.4. The number of rotatable bonds is 5. The van der Waals surface area contributed by atoms with E-state index in [1.165, 1.54) is 0 Å². The largest absolute Gasteiger partial charge is 0.354 e. The third kappa shape index (κ3) is 4.28. The molecule has 1 aliphatic heterocycles. The van der Waals surface area contributed by atoms with Gasteiger partial charge in [-0.3, -0.25) is 0 Å². The van der Waals surface area contributed by atoms with Crippen LogP contribution in [-0.4, -0.2) is 37.4 Å². The summed E-state index contributed by atoms with van der Waals surface area (Å²) in [5, 5.41) is 16.6. The third-order valence-corrected chi connectivity index (χ3v) is 6.41. The molecule has 0 bridgehead atoms. The Hall–Kier alpha value is -3.65. The average Bonchev–Trinajstić information content (AvgIpc) is 3.56. The normalized spacial score (nSPS) is 15.6. The third-order valence-electron chi connectivity index (χ3n) is 6.16. The highest BCUT2D eigenvalue weighted by Crippen LogP contribution is 2.35. The highest BCUT2D eigenvalue weighted by Gasteiger charge is 2.35. The summed E-state index contributed by atoms with van der Waals surface area (Å²) in [5.74, 6) is 2.13. The molecule has 0 spiro atoms. The molecule has 0 radical (unpaired) electrons. The minimum Gasteiger partial charge on any atom is -0.354 e. The summed E-state index contributed by atoms with van der Waals surface area (Å²) in [6.07, 6.45) is 1.71. The van der Waals surface area contributed by atoms with Gasteiger partial charge in [0.1, 0.15) is 17.2 Å². The molecule has 9 heteroatoms. The number of likely N-dealkylation sites (tertiary alicyclic amines) is 1. The molecule has 2 aromatic heterocycles. The number of carbonyl (C=O) groups excluding carboxylic acids is 1. The zero-order chi connectivity index (χ0) is 23.7. The predicted octanol–water partition coefficient (Wildman–Crippen LogP) is 5.62. The summed E-state index contributed by atoms with van der Waals surface area (Å²) in [5.41, 5.74) is 3.16. The molecule has 34 heavy (non-hydrogen) atoms. The lowest BCUT2D eigenvalue weighted by Crippen LogP contribution is -2.35. The fourth-order valence-electron chi connectivity index (χ4n) is 4.37. The number of carbonyl (C=O) groups is 1. The van der Waals surface area contributed by atoms with Crippen molar-refractivity contribution in [3.8, 4) is 11.3 Å². The first-order valence-electron chi connectivity index (χ1n) is 11.2. The van der Waals surface area contributed by atoms with Gasteiger partial charge in [-0.2, -0.15) is 0 Å². The van der Waals surface area contributed by atoms with Gasteiger partial charge in [0.05, 0.1) is 12.6 Å². The number of anilines is 1. The lowest BCUT2D eigenvalue weighted by molar-refractivity contribution is 0.204. The van der Waals surface area contributed by atoms with Crippen LogP contribution in [0.25, 0.3) is 11.3 Å². The number of aromatic nitrogens is 4. The van der Waals surface area contributed by atoms with Gasteiger partial charge >= 0.3 is 6.03 Å². The number of nitrogens with zero attached hydrogens (tertiary/aromatic N) is 5. The van der Waals surface area contributed by atoms with Crippen molar-refractivity contribution in [2.75, 3.05) is 11.9 Å². The summed E-state index contributed by atoms with van der Waals surface area (Å²) >= 11 is 6.04. The summed E-state index contributed by atoms with van der Waals surface area (Å²) < 4.78 is 7.60. The minimum atomic E-state index is -0.204. The Labute approximate surface area is 202 Å². The first-order chi connectivity index (χ1) is 16.5. The molecule has 1 fully saturated rings. The Balaban J connectivity index is 1.39. The Morgan fingerprint density at radius 2 is 1.88 bits per heavy atom. The molecule has 1 aliphatic rings. The van der Waals surface area contributed by atoms with Crippen LogP contribution in [-0.2, 0) is 6.54 Å². The lowest BCUT2D eigenvalue weighted by Gasteiger charge is -2.25. The maximum atomic E-state index is 13.4. The smallest absolute Gasteiger partial charge is 0.322 e. The van der Waals surface area contributed by atoms with E-state index in [2.05, 4.69) is 25.2 Å². The van der Waals surface area contributed by atoms with Crippen LogP contribution in [0.2, 0.25) is 5.02 Å². The Morgan fingerprint density at radius 3 is 2.65 bits per heavy atom. The van der Waals surface area contributed by atoms with Gasteiger partial charge in [-0.1, -0.05) is 59.2 Å². The first kappa shape index (κ1) is 22.2. The van der Waals surface area contributed by atoms with Crippen molar-refractivity contribution in [1.29, 1.82) is 0 Å². The van der Waals surface area contributed by atoms with E-state index in [0.717, 1.165) is 35.6 Å². The van der Waals surface area contributed by atoms with Crippen molar-refractivity contribution >= 4 is 23.3 Å². The molecule has 0 aliphatic carbocycles. The SMILES string of the molecule is Cc1noc(-c2ccccc2)c1NC(=O)N1CCC[C@@H]1c1nnc(C)n1Cc1ccc(Cl)cc1. The molecule has 174 valence electrons. The van der Waals surface area contributed by atoms with E-state index in [9.17, 15) is 4.79 Å². The van der Waals surface area contributed by atoms with Gasteiger partial charge in [0, 0.05) is 17.1 Å². The Morgan fingerprint density at radius 1 is 1.12 bits per heavy atom. The number of hydrogen-bond acceptors (Lipinski definition) is 5. The molecule has 3 heterocycles. The second-order valence-electron chi connectivity index (χ2n) is 8.44. The molecule has 2 amide bonds. The molecule has 0 saturated carbocycles. The van der Waals surface area contributed by atoms with Gasteiger partial charge in [0.2, 0.25) is 0 Å². The molecule has 4 aromatic rings. The quantitative estimate of drug-likeness (QED) is 0.403. The summed E-state index contributed by atoms with van der Waals surface area (Å²) in [6.45, 7) is 4.99. The van der Waals surface area contributed by atoms with Gasteiger partial charge in [0.15, 0.2) is 11.6 Å². The van der Waals surface area contributed by atoms with E-state index in [-0.39, 0.29) is 12.1 Å². The van der Waals surface area contributed by atoms with Crippen LogP contribution < -0.4 is 5.32 Å². The molecule has 1 N–H and O–H groups in total. The van der Waals surface area contributed by atoms with E-state index in [1.807, 2.05) is 73.3 Å². The number of benzene rings is 2. The second kappa shape index (κ2) is 9.30. The molecule has 1 saturated heterocycles. The topological polar surface area (TPSA) is 89.1 Å². The monoisotopic (exact) mass is 476 g/mol. The number of aryl methyl sites for hydroxylation is 2. The number of urea groups is 1. The first-order valence-corrected chi connectivity index (χ1v) is 11.6. The van der Waals surface area contributed by atoms with E-state index < -0.39 is 0 Å². The highest BCUT2D eigenvalue weighted by atomic mass is 35.5. The fraction of sp³-hybridized carbons (Fsp3) is 0.280. The van der Waals surface area contributed by atoms with E-state index in [4.69, 9.17) is 16.1 Å². The van der Waals surface area contributed by atoms with Gasteiger partial charge < -0.3 is 19.3 Å². The highest BCUT2D eigenvalue weighted by molar-refractivity contribution is 6.30. The molecule has 5 rings (SSSR count). The standard InChI is InChI=1S/C25H25ClN6O2/c1-16-22(23(34-30-16)19-7-4-3-5-8-19)27-25(33)31-14-6-9-21(31)24-29-28-17(2)32(24)15-18-10-12-20(26)13-11-18/h3-5,7-8,10-13,21H,6,9,14-15H2,1-2H3,(H,27,33)/t21-/m1/s1. The van der Waals surface area contributed by atoms with Crippen molar-refractivity contribution in [2.24, 2.45) is 0 Å². The fourth-order valence-corrected chi connectivity index (χ4v) is 4.50. The summed E-state index contributed by atoms with van der Waals surface area (Å²) in [4.78, 5) is 15.2. The second-order valence-corrected chi connectivity index (χ2v) is 8.87. The molecular weight excluding hydrogens is 452 g/mol. The van der Waals surface area contributed by atoms with Gasteiger partial charge in [0.25, 0.3) is 0 Å². The van der Waals surface area contributed by atoms with Gasteiger partial charge in [-0.25, -0.2) is 4.79 Å². The maximum Gasteiger partial charge on any atom is 0.322 e. The molecule has 8 nitrogen and oxygen atoms in total. The Bertz CT molecular complexity index is 1300. The van der Waals surface area contributed by atoms with Gasteiger partial charge in [-0.05, 0) is 44.4 Å². The molecule has 0 unspecified atom stereocenters. The van der Waals surface area contributed by atoms with Crippen molar-refractivity contribution in [3.63, 3.8) is 0 Å². The van der Waals surface area contributed by atoms with Crippen LogP contribution in [0.4, 0.5) is 10.5 Å². The van der Waals surface area contributed by atoms with Crippen LogP contribution in [0.3, 0.4) is 0 Å². The molecule has 1 atom stereocenters. The summed E-state index contributed by atoms with van der Waals surface area (Å²) in [6, 6.07) is 17.0. The van der Waals surface area contributed by atoms with E-state index in [0.29, 0.717) is 35.3 Å². The number of hydrogen-bond donors (Lipinski definition) is 1. The van der Waals surface area contributed by atoms with E-state index in [1.54, 1.807) is 0 Å². The minimum absolute atomic E-state index is 0.172. The average molecular weight is 477 g/mol. The molecular formula is C25H25ClN6O2. The zero-order valence-electron chi connectivity index (χ0n) is 19.0. The van der Waals surface area contributed by atoms with Crippen molar-refractivity contribution in [3.05, 3.63) is 82.5 Å². The Kier molecular flexibility index (Phi) is 6.06. The number of nitrogens with one attached hydrogen (secondary N) is 1.